The highest BCUT2D eigenvalue weighted by molar-refractivity contribution is 6.34. The van der Waals surface area contributed by atoms with Gasteiger partial charge in [0.25, 0.3) is 0 Å². The van der Waals surface area contributed by atoms with Crippen molar-refractivity contribution >= 4 is 20.2 Å². The molecule has 0 bridgehead atoms. The lowest BCUT2D eigenvalue weighted by molar-refractivity contribution is -0.124. The first-order chi connectivity index (χ1) is 5.31. The molecule has 1 atom stereocenters. The largest absolute Gasteiger partial charge is 0.468 e. The predicted octanol–water partition coefficient (Wildman–Crippen LogP) is -2.50. The fourth-order valence-electron chi connectivity index (χ4n) is 0.621. The van der Waals surface area contributed by atoms with Gasteiger partial charge in [-0.1, -0.05) is 0 Å². The molecule has 0 spiro atoms. The van der Waals surface area contributed by atoms with Crippen LogP contribution < -0.4 is 0 Å². The highest BCUT2D eigenvalue weighted by Crippen LogP contribution is 1.92. The van der Waals surface area contributed by atoms with Crippen molar-refractivity contribution < 1.29 is 19.1 Å². The van der Waals surface area contributed by atoms with Crippen molar-refractivity contribution in [2.75, 3.05) is 13.2 Å². The summed E-state index contributed by atoms with van der Waals surface area (Å²) in [6, 6.07) is 1.08. The summed E-state index contributed by atoms with van der Waals surface area (Å²) in [6.07, 6.45) is -0.0838. The summed E-state index contributed by atoms with van der Waals surface area (Å²) in [4.78, 5) is 0. The van der Waals surface area contributed by atoms with Gasteiger partial charge < -0.3 is 19.1 Å². The maximum atomic E-state index is 8.73. The van der Waals surface area contributed by atoms with Crippen LogP contribution in [0.2, 0.25) is 6.04 Å². The van der Waals surface area contributed by atoms with Crippen molar-refractivity contribution in [1.29, 1.82) is 0 Å². The molecular formula is C5H16O4Si2. The summed E-state index contributed by atoms with van der Waals surface area (Å²) >= 11 is 0. The minimum atomic E-state index is -1.01. The summed E-state index contributed by atoms with van der Waals surface area (Å²) in [5.41, 5.74) is 0. The third kappa shape index (κ3) is 8.18. The molecule has 0 saturated heterocycles. The lowest BCUT2D eigenvalue weighted by Crippen LogP contribution is -2.17. The van der Waals surface area contributed by atoms with Gasteiger partial charge in [0.05, 0.1) is 6.61 Å². The topological polar surface area (TPSA) is 58.9 Å². The second-order valence-corrected chi connectivity index (χ2v) is 5.63. The number of hydrogen-bond acceptors (Lipinski definition) is 4. The molecule has 0 aromatic heterocycles. The molecule has 0 aliphatic carbocycles. The Morgan fingerprint density at radius 1 is 1.55 bits per heavy atom. The molecule has 0 aliphatic heterocycles. The molecule has 0 rings (SSSR count). The zero-order chi connectivity index (χ0) is 8.53. The molecule has 0 radical (unpaired) electrons. The fourth-order valence-corrected chi connectivity index (χ4v) is 2.18. The van der Waals surface area contributed by atoms with Gasteiger partial charge in [-0.15, -0.1) is 0 Å². The molecular weight excluding hydrogens is 180 g/mol. The van der Waals surface area contributed by atoms with Gasteiger partial charge >= 0.3 is 0 Å². The summed E-state index contributed by atoms with van der Waals surface area (Å²) < 4.78 is 9.91. The summed E-state index contributed by atoms with van der Waals surface area (Å²) in [5, 5.41) is 17.1. The van der Waals surface area contributed by atoms with Gasteiger partial charge in [0.15, 0.2) is 6.29 Å². The van der Waals surface area contributed by atoms with E-state index in [1.54, 1.807) is 0 Å². The lowest BCUT2D eigenvalue weighted by Gasteiger charge is -2.07. The van der Waals surface area contributed by atoms with Crippen LogP contribution in [0.15, 0.2) is 0 Å². The molecule has 68 valence electrons. The molecule has 11 heavy (non-hydrogen) atoms. The zero-order valence-electron chi connectivity index (χ0n) is 6.82. The van der Waals surface area contributed by atoms with Crippen LogP contribution in [0, 0.1) is 0 Å². The fraction of sp³-hybridized carbons (Fsp3) is 1.00. The van der Waals surface area contributed by atoms with E-state index in [1.165, 1.54) is 0 Å². The van der Waals surface area contributed by atoms with E-state index in [2.05, 4.69) is 0 Å². The van der Waals surface area contributed by atoms with E-state index in [9.17, 15) is 0 Å². The van der Waals surface area contributed by atoms with Crippen molar-refractivity contribution in [2.45, 2.75) is 18.8 Å². The Morgan fingerprint density at radius 3 is 2.82 bits per heavy atom. The van der Waals surface area contributed by atoms with Crippen molar-refractivity contribution in [3.8, 4) is 0 Å². The zero-order valence-corrected chi connectivity index (χ0v) is 10.2. The van der Waals surface area contributed by atoms with Crippen LogP contribution in [0.1, 0.15) is 6.42 Å². The maximum Gasteiger partial charge on any atom is 0.177 e. The molecule has 0 aromatic rings. The first-order valence-electron chi connectivity index (χ1n) is 3.70. The van der Waals surface area contributed by atoms with Crippen molar-refractivity contribution in [3.63, 3.8) is 0 Å². The number of aliphatic hydroxyl groups excluding tert-OH is 2. The van der Waals surface area contributed by atoms with Crippen LogP contribution in [0.25, 0.3) is 0 Å². The minimum absolute atomic E-state index is 0.292. The smallest absolute Gasteiger partial charge is 0.177 e. The normalized spacial score (nSPS) is 14.7. The average molecular weight is 196 g/mol. The number of rotatable bonds is 7. The Morgan fingerprint density at radius 2 is 2.27 bits per heavy atom. The highest BCUT2D eigenvalue weighted by atomic mass is 28.3. The van der Waals surface area contributed by atoms with Gasteiger partial charge in [-0.3, -0.25) is 0 Å². The van der Waals surface area contributed by atoms with Gasteiger partial charge in [0, 0.05) is 6.61 Å². The molecule has 0 saturated carbocycles. The number of hydrogen-bond donors (Lipinski definition) is 2. The number of ether oxygens (including phenoxy) is 1. The Bertz CT molecular complexity index is 82.9. The molecule has 0 aromatic carbocycles. The molecule has 1 unspecified atom stereocenters. The van der Waals surface area contributed by atoms with Gasteiger partial charge in [-0.2, -0.15) is 0 Å². The van der Waals surface area contributed by atoms with Gasteiger partial charge in [0.1, 0.15) is 20.2 Å². The second-order valence-electron chi connectivity index (χ2n) is 2.21. The molecule has 2 N–H and O–H groups in total. The Kier molecular flexibility index (Phi) is 8.58. The monoisotopic (exact) mass is 196 g/mol. The van der Waals surface area contributed by atoms with Crippen LogP contribution in [0.5, 0.6) is 0 Å². The van der Waals surface area contributed by atoms with E-state index in [4.69, 9.17) is 19.1 Å². The van der Waals surface area contributed by atoms with Crippen LogP contribution in [-0.4, -0.2) is 50.0 Å². The molecule has 6 heteroatoms. The molecule has 4 nitrogen and oxygen atoms in total. The van der Waals surface area contributed by atoms with E-state index in [1.807, 2.05) is 0 Å². The van der Waals surface area contributed by atoms with E-state index in [0.717, 1.165) is 23.0 Å². The van der Waals surface area contributed by atoms with Crippen molar-refractivity contribution in [1.82, 2.24) is 0 Å². The quantitative estimate of drug-likeness (QED) is 0.269. The third-order valence-corrected chi connectivity index (χ3v) is 3.63. The number of aliphatic hydroxyl groups is 2. The maximum absolute atomic E-state index is 8.73. The van der Waals surface area contributed by atoms with Gasteiger partial charge in [0.2, 0.25) is 0 Å². The first kappa shape index (κ1) is 11.3. The summed E-state index contributed by atoms with van der Waals surface area (Å²) in [6.45, 7) is 0.189. The van der Waals surface area contributed by atoms with Crippen LogP contribution in [-0.2, 0) is 8.85 Å². The molecule has 0 amide bonds. The van der Waals surface area contributed by atoms with Crippen LogP contribution >= 0.6 is 0 Å². The third-order valence-electron chi connectivity index (χ3n) is 1.21. The first-order valence-corrected chi connectivity index (χ1v) is 6.10. The molecule has 0 aliphatic rings. The minimum Gasteiger partial charge on any atom is -0.468 e. The Hall–Kier alpha value is 0.274. The van der Waals surface area contributed by atoms with Crippen LogP contribution in [0.3, 0.4) is 0 Å². The van der Waals surface area contributed by atoms with Crippen molar-refractivity contribution in [3.05, 3.63) is 0 Å². The molecule has 0 heterocycles. The Labute approximate surface area is 72.0 Å². The van der Waals surface area contributed by atoms with Gasteiger partial charge in [-0.05, 0) is 12.5 Å². The average Bonchev–Trinajstić information content (AvgIpc) is 2.04. The SMILES string of the molecule is OCC(O)OCCC[SiH2]O[SiH3]. The van der Waals surface area contributed by atoms with Crippen LogP contribution in [0.4, 0.5) is 0 Å². The van der Waals surface area contributed by atoms with E-state index >= 15 is 0 Å². The summed E-state index contributed by atoms with van der Waals surface area (Å²) in [5.74, 6) is 0. The van der Waals surface area contributed by atoms with E-state index in [0.29, 0.717) is 6.61 Å². The van der Waals surface area contributed by atoms with Crippen molar-refractivity contribution in [2.24, 2.45) is 0 Å². The highest BCUT2D eigenvalue weighted by Gasteiger charge is 1.99. The van der Waals surface area contributed by atoms with E-state index in [-0.39, 0.29) is 16.4 Å². The lowest BCUT2D eigenvalue weighted by atomic mass is 10.5. The summed E-state index contributed by atoms with van der Waals surface area (Å²) in [7, 11) is 0.544. The van der Waals surface area contributed by atoms with Gasteiger partial charge in [-0.25, -0.2) is 0 Å². The standard InChI is InChI=1S/C5H16O4Si2/c6-4-5(7)8-2-1-3-11-9-10/h5-7H,1-4,11H2,10H3. The van der Waals surface area contributed by atoms with E-state index < -0.39 is 6.29 Å². The second kappa shape index (κ2) is 8.37. The molecule has 0 fully saturated rings. The predicted molar refractivity (Wildman–Crippen MR) is 48.0 cm³/mol. The Balaban J connectivity index is 2.89.